The number of alkyl halides is 1. The number of aromatic nitrogens is 2. The standard InChI is InChI=1S/C19H15B6ClF2N4O/c1-10-5-29-14(30-6-10)7-31-19(24,25)16(28)8-18(22,23)32(9-17(16,20)21)15(33)11-2-3-13(27)12(26)4-11/h2-6,31H,7-9H2,1H3. The Morgan fingerprint density at radius 1 is 1.24 bits per heavy atom. The van der Waals surface area contributed by atoms with Crippen molar-refractivity contribution in [1.82, 2.24) is 20.2 Å². The van der Waals surface area contributed by atoms with Gasteiger partial charge in [-0.1, -0.05) is 11.6 Å². The van der Waals surface area contributed by atoms with Crippen LogP contribution in [0.4, 0.5) is 8.78 Å². The molecule has 1 N–H and O–H groups in total. The maximum absolute atomic E-state index is 16.4. The van der Waals surface area contributed by atoms with E-state index in [1.165, 1.54) is 6.07 Å². The summed E-state index contributed by atoms with van der Waals surface area (Å²) in [6.07, 6.45) is 2.30. The number of nitrogens with zero attached hydrogens (tertiary/aromatic N) is 3. The Balaban J connectivity index is 1.87. The van der Waals surface area contributed by atoms with E-state index in [-0.39, 0.29) is 23.0 Å². The Morgan fingerprint density at radius 3 is 2.42 bits per heavy atom. The van der Waals surface area contributed by atoms with Gasteiger partial charge in [0.1, 0.15) is 17.3 Å². The number of hydrogen-bond donors (Lipinski definition) is 1. The summed E-state index contributed by atoms with van der Waals surface area (Å²) in [5, 5.41) is -4.43. The molecule has 0 saturated carbocycles. The molecule has 1 aliphatic heterocycles. The molecule has 1 aliphatic rings. The van der Waals surface area contributed by atoms with Gasteiger partial charge in [-0.3, -0.25) is 4.79 Å². The second kappa shape index (κ2) is 8.80. The van der Waals surface area contributed by atoms with Crippen molar-refractivity contribution in [3.05, 3.63) is 58.4 Å². The summed E-state index contributed by atoms with van der Waals surface area (Å²) >= 11 is 5.75. The van der Waals surface area contributed by atoms with Gasteiger partial charge in [0.15, 0.2) is 0 Å². The van der Waals surface area contributed by atoms with Gasteiger partial charge in [0.2, 0.25) is 0 Å². The number of carbonyl (C=O) groups is 1. The van der Waals surface area contributed by atoms with Crippen molar-refractivity contribution in [2.24, 2.45) is 0 Å². The summed E-state index contributed by atoms with van der Waals surface area (Å²) in [5.41, 5.74) is -2.03. The van der Waals surface area contributed by atoms with Crippen molar-refractivity contribution in [3.63, 3.8) is 0 Å². The molecule has 1 saturated heterocycles. The molecule has 14 heteroatoms. The Hall–Kier alpha value is -1.73. The van der Waals surface area contributed by atoms with Gasteiger partial charge in [-0.05, 0) is 53.0 Å². The molecule has 5 nitrogen and oxygen atoms in total. The Labute approximate surface area is 204 Å². The molecule has 1 unspecified atom stereocenters. The third-order valence-corrected chi connectivity index (χ3v) is 5.92. The first kappa shape index (κ1) is 25.9. The molecular formula is C19H15B6ClF2N4O. The first-order chi connectivity index (χ1) is 15.1. The fraction of sp³-hybridized carbons (Fsp3) is 0.421. The fourth-order valence-corrected chi connectivity index (χ4v) is 3.82. The van der Waals surface area contributed by atoms with Crippen molar-refractivity contribution in [3.8, 4) is 0 Å². The van der Waals surface area contributed by atoms with Crippen molar-refractivity contribution in [1.29, 1.82) is 0 Å². The van der Waals surface area contributed by atoms with Crippen LogP contribution in [-0.2, 0) is 6.54 Å². The average Bonchev–Trinajstić information content (AvgIpc) is 2.71. The number of hydrogen-bond acceptors (Lipinski definition) is 4. The van der Waals surface area contributed by atoms with E-state index in [1.807, 2.05) is 0 Å². The number of piperidine rings is 1. The van der Waals surface area contributed by atoms with Crippen LogP contribution in [0.15, 0.2) is 30.6 Å². The Morgan fingerprint density at radius 2 is 1.85 bits per heavy atom. The molecule has 1 aromatic heterocycles. The number of likely N-dealkylation sites (tertiary alicyclic amines) is 1. The van der Waals surface area contributed by atoms with Crippen LogP contribution in [0.3, 0.4) is 0 Å². The zero-order chi connectivity index (χ0) is 24.8. The van der Waals surface area contributed by atoms with Crippen LogP contribution in [0.2, 0.25) is 10.2 Å². The number of carbonyl (C=O) groups excluding carboxylic acids is 1. The van der Waals surface area contributed by atoms with Gasteiger partial charge in [0.25, 0.3) is 5.91 Å². The first-order valence-electron chi connectivity index (χ1n) is 9.81. The molecule has 1 aromatic carbocycles. The minimum absolute atomic E-state index is 0.0507. The Kier molecular flexibility index (Phi) is 6.91. The molecule has 12 radical (unpaired) electrons. The fourth-order valence-electron chi connectivity index (χ4n) is 3.64. The second-order valence-corrected chi connectivity index (χ2v) is 8.84. The minimum atomic E-state index is -2.80. The third-order valence-electron chi connectivity index (χ3n) is 5.63. The van der Waals surface area contributed by atoms with Gasteiger partial charge >= 0.3 is 0 Å². The van der Waals surface area contributed by atoms with E-state index in [0.29, 0.717) is 0 Å². The van der Waals surface area contributed by atoms with Gasteiger partial charge in [-0.15, -0.1) is 0 Å². The predicted molar refractivity (Wildman–Crippen MR) is 127 cm³/mol. The van der Waals surface area contributed by atoms with Gasteiger partial charge in [-0.2, -0.15) is 0 Å². The molecule has 2 heterocycles. The quantitative estimate of drug-likeness (QED) is 0.664. The predicted octanol–water partition coefficient (Wildman–Crippen LogP) is 0.356. The highest BCUT2D eigenvalue weighted by molar-refractivity contribution is 6.48. The van der Waals surface area contributed by atoms with E-state index >= 15 is 4.39 Å². The summed E-state index contributed by atoms with van der Waals surface area (Å²) in [6, 6.07) is 3.25. The average molecular weight is 454 g/mol. The SMILES string of the molecule is [B]C1([B])CC(F)(C([B])([B])NCc2ncc(C)cn2)C([B])([B])CN1C(=O)c1ccc(F)c(Cl)c1. The number of halogens is 3. The number of nitrogens with one attached hydrogen (secondary N) is 1. The highest BCUT2D eigenvalue weighted by atomic mass is 35.5. The van der Waals surface area contributed by atoms with Crippen LogP contribution in [0, 0.1) is 12.7 Å². The van der Waals surface area contributed by atoms with Crippen LogP contribution in [0.5, 0.6) is 0 Å². The highest BCUT2D eigenvalue weighted by Gasteiger charge is 2.60. The van der Waals surface area contributed by atoms with Crippen molar-refractivity contribution in [2.75, 3.05) is 6.54 Å². The van der Waals surface area contributed by atoms with Crippen molar-refractivity contribution >= 4 is 64.6 Å². The smallest absolute Gasteiger partial charge is 0.252 e. The van der Waals surface area contributed by atoms with Crippen LogP contribution < -0.4 is 5.32 Å². The number of aryl methyl sites for hydroxylation is 1. The summed E-state index contributed by atoms with van der Waals surface area (Å²) in [5.74, 6) is -1.23. The normalized spacial score (nSPS) is 22.1. The lowest BCUT2D eigenvalue weighted by atomic mass is 9.31. The summed E-state index contributed by atoms with van der Waals surface area (Å²) in [4.78, 5) is 22.1. The molecule has 156 valence electrons. The molecule has 33 heavy (non-hydrogen) atoms. The number of amides is 1. The highest BCUT2D eigenvalue weighted by Crippen LogP contribution is 2.51. The maximum Gasteiger partial charge on any atom is 0.252 e. The Bertz CT molecular complexity index is 1060. The largest absolute Gasteiger partial charge is 0.351 e. The van der Waals surface area contributed by atoms with Gasteiger partial charge in [0, 0.05) is 24.5 Å². The molecule has 3 rings (SSSR count). The lowest BCUT2D eigenvalue weighted by Gasteiger charge is -2.63. The zero-order valence-corrected chi connectivity index (χ0v) is 18.6. The summed E-state index contributed by atoms with van der Waals surface area (Å²) in [7, 11) is 36.5. The van der Waals surface area contributed by atoms with Crippen LogP contribution in [-0.4, -0.2) is 90.7 Å². The number of rotatable bonds is 5. The minimum Gasteiger partial charge on any atom is -0.351 e. The number of benzene rings is 1. The summed E-state index contributed by atoms with van der Waals surface area (Å²) < 4.78 is 29.9. The molecule has 1 amide bonds. The van der Waals surface area contributed by atoms with Crippen LogP contribution in [0.25, 0.3) is 0 Å². The first-order valence-corrected chi connectivity index (χ1v) is 10.2. The van der Waals surface area contributed by atoms with Crippen molar-refractivity contribution < 1.29 is 13.6 Å². The molecule has 0 aliphatic carbocycles. The molecular weight excluding hydrogens is 439 g/mol. The molecule has 0 bridgehead atoms. The second-order valence-electron chi connectivity index (χ2n) is 8.43. The van der Waals surface area contributed by atoms with Crippen LogP contribution >= 0.6 is 11.6 Å². The van der Waals surface area contributed by atoms with Crippen LogP contribution in [0.1, 0.15) is 28.2 Å². The molecule has 0 spiro atoms. The molecule has 1 atom stereocenters. The topological polar surface area (TPSA) is 58.1 Å². The van der Waals surface area contributed by atoms with E-state index in [1.54, 1.807) is 19.3 Å². The van der Waals surface area contributed by atoms with E-state index < -0.39 is 46.2 Å². The van der Waals surface area contributed by atoms with Gasteiger partial charge in [-0.25, -0.2) is 18.7 Å². The van der Waals surface area contributed by atoms with E-state index in [4.69, 9.17) is 58.7 Å². The van der Waals surface area contributed by atoms with E-state index in [9.17, 15) is 9.18 Å². The van der Waals surface area contributed by atoms with E-state index in [0.717, 1.165) is 22.6 Å². The van der Waals surface area contributed by atoms with Gasteiger partial charge in [0.05, 0.1) is 58.6 Å². The summed E-state index contributed by atoms with van der Waals surface area (Å²) in [6.45, 7) is 1.02. The lowest BCUT2D eigenvalue weighted by molar-refractivity contribution is -0.000758. The monoisotopic (exact) mass is 454 g/mol. The van der Waals surface area contributed by atoms with Gasteiger partial charge < -0.3 is 10.2 Å². The lowest BCUT2D eigenvalue weighted by Crippen LogP contribution is -2.76. The zero-order valence-electron chi connectivity index (χ0n) is 17.9. The molecule has 2 aromatic rings. The maximum atomic E-state index is 16.4. The van der Waals surface area contributed by atoms with Crippen molar-refractivity contribution in [2.45, 2.75) is 41.4 Å². The molecule has 1 fully saturated rings. The third kappa shape index (κ3) is 4.90. The van der Waals surface area contributed by atoms with E-state index in [2.05, 4.69) is 15.3 Å².